The zero-order valence-corrected chi connectivity index (χ0v) is 15.8. The van der Waals surface area contributed by atoms with E-state index in [0.717, 1.165) is 5.56 Å². The highest BCUT2D eigenvalue weighted by Gasteiger charge is 2.22. The number of nitrogens with zero attached hydrogens (tertiary/aromatic N) is 1. The standard InChI is InChI=1S/C20H28N2O5/c1-2-27-20(25)17(14-16-6-4-3-5-7-16)15-21-18(23)8-9-19(24)22-10-12-26-13-11-22/h3-7,17H,2,8-15H2,1H3,(H,21,23). The SMILES string of the molecule is CCOC(=O)C(CNC(=O)CCC(=O)N1CCOCC1)Cc1ccccc1. The number of esters is 1. The van der Waals surface area contributed by atoms with Crippen LogP contribution in [0.1, 0.15) is 25.3 Å². The van der Waals surface area contributed by atoms with E-state index < -0.39 is 5.92 Å². The van der Waals surface area contributed by atoms with Gasteiger partial charge in [-0.2, -0.15) is 0 Å². The fourth-order valence-electron chi connectivity index (χ4n) is 2.91. The van der Waals surface area contributed by atoms with Gasteiger partial charge in [0.15, 0.2) is 0 Å². The molecule has 1 aromatic rings. The molecule has 0 saturated carbocycles. The highest BCUT2D eigenvalue weighted by Crippen LogP contribution is 2.10. The van der Waals surface area contributed by atoms with E-state index in [2.05, 4.69) is 5.32 Å². The minimum atomic E-state index is -0.453. The molecular formula is C20H28N2O5. The molecule has 1 saturated heterocycles. The Balaban J connectivity index is 1.79. The number of ether oxygens (including phenoxy) is 2. The topological polar surface area (TPSA) is 84.9 Å². The summed E-state index contributed by atoms with van der Waals surface area (Å²) in [6, 6.07) is 9.61. The number of amides is 2. The second-order valence-electron chi connectivity index (χ2n) is 6.44. The lowest BCUT2D eigenvalue weighted by Crippen LogP contribution is -2.41. The summed E-state index contributed by atoms with van der Waals surface area (Å²) in [7, 11) is 0. The first-order valence-electron chi connectivity index (χ1n) is 9.43. The maximum atomic E-state index is 12.2. The quantitative estimate of drug-likeness (QED) is 0.654. The highest BCUT2D eigenvalue weighted by atomic mass is 16.5. The average molecular weight is 376 g/mol. The third kappa shape index (κ3) is 7.38. The molecule has 0 aliphatic carbocycles. The zero-order chi connectivity index (χ0) is 19.5. The number of rotatable bonds is 9. The third-order valence-corrected chi connectivity index (χ3v) is 4.42. The van der Waals surface area contributed by atoms with Crippen LogP contribution in [-0.2, 0) is 30.3 Å². The van der Waals surface area contributed by atoms with Crippen molar-refractivity contribution in [1.29, 1.82) is 0 Å². The van der Waals surface area contributed by atoms with E-state index >= 15 is 0 Å². The Hall–Kier alpha value is -2.41. The molecule has 0 aromatic heterocycles. The number of carbonyl (C=O) groups excluding carboxylic acids is 3. The molecule has 0 bridgehead atoms. The smallest absolute Gasteiger partial charge is 0.311 e. The number of carbonyl (C=O) groups is 3. The fraction of sp³-hybridized carbons (Fsp3) is 0.550. The molecule has 1 unspecified atom stereocenters. The van der Waals surface area contributed by atoms with Crippen molar-refractivity contribution in [3.05, 3.63) is 35.9 Å². The van der Waals surface area contributed by atoms with E-state index in [1.807, 2.05) is 30.3 Å². The van der Waals surface area contributed by atoms with Crippen molar-refractivity contribution in [2.24, 2.45) is 5.92 Å². The minimum Gasteiger partial charge on any atom is -0.466 e. The molecule has 7 heteroatoms. The Morgan fingerprint density at radius 1 is 1.15 bits per heavy atom. The van der Waals surface area contributed by atoms with E-state index in [1.54, 1.807) is 11.8 Å². The van der Waals surface area contributed by atoms with Gasteiger partial charge in [-0.3, -0.25) is 14.4 Å². The summed E-state index contributed by atoms with van der Waals surface area (Å²) in [5.74, 6) is -1.06. The van der Waals surface area contributed by atoms with Gasteiger partial charge in [-0.05, 0) is 18.9 Å². The van der Waals surface area contributed by atoms with Gasteiger partial charge in [0.2, 0.25) is 11.8 Å². The summed E-state index contributed by atoms with van der Waals surface area (Å²) < 4.78 is 10.3. The Bertz CT molecular complexity index is 614. The second kappa shape index (κ2) is 11.3. The van der Waals surface area contributed by atoms with Crippen molar-refractivity contribution >= 4 is 17.8 Å². The Morgan fingerprint density at radius 2 is 1.85 bits per heavy atom. The van der Waals surface area contributed by atoms with Crippen LogP contribution in [0.4, 0.5) is 0 Å². The normalized spacial score (nSPS) is 15.1. The van der Waals surface area contributed by atoms with Crippen LogP contribution in [0.3, 0.4) is 0 Å². The van der Waals surface area contributed by atoms with Gasteiger partial charge in [0.05, 0.1) is 25.7 Å². The van der Waals surface area contributed by atoms with Crippen molar-refractivity contribution in [1.82, 2.24) is 10.2 Å². The summed E-state index contributed by atoms with van der Waals surface area (Å²) in [5, 5.41) is 2.77. The number of hydrogen-bond donors (Lipinski definition) is 1. The Labute approximate surface area is 160 Å². The molecule has 0 radical (unpaired) electrons. The second-order valence-corrected chi connectivity index (χ2v) is 6.44. The van der Waals surface area contributed by atoms with Crippen LogP contribution in [0.2, 0.25) is 0 Å². The van der Waals surface area contributed by atoms with Crippen LogP contribution in [0.5, 0.6) is 0 Å². The summed E-state index contributed by atoms with van der Waals surface area (Å²) >= 11 is 0. The van der Waals surface area contributed by atoms with Gasteiger partial charge >= 0.3 is 5.97 Å². The van der Waals surface area contributed by atoms with Gasteiger partial charge in [0.1, 0.15) is 0 Å². The molecule has 1 atom stereocenters. The first kappa shape index (κ1) is 20.9. The van der Waals surface area contributed by atoms with Gasteiger partial charge in [0, 0.05) is 32.5 Å². The average Bonchev–Trinajstić information content (AvgIpc) is 2.70. The van der Waals surface area contributed by atoms with Gasteiger partial charge in [0.25, 0.3) is 0 Å². The number of nitrogens with one attached hydrogen (secondary N) is 1. The summed E-state index contributed by atoms with van der Waals surface area (Å²) in [6.45, 7) is 4.47. The minimum absolute atomic E-state index is 0.0420. The Morgan fingerprint density at radius 3 is 2.52 bits per heavy atom. The molecule has 0 spiro atoms. The van der Waals surface area contributed by atoms with Crippen LogP contribution in [0.15, 0.2) is 30.3 Å². The maximum Gasteiger partial charge on any atom is 0.311 e. The molecular weight excluding hydrogens is 348 g/mol. The molecule has 1 aliphatic rings. The Kier molecular flexibility index (Phi) is 8.77. The van der Waals surface area contributed by atoms with Gasteiger partial charge in [-0.25, -0.2) is 0 Å². The molecule has 2 amide bonds. The molecule has 1 aliphatic heterocycles. The van der Waals surface area contributed by atoms with Crippen LogP contribution < -0.4 is 5.32 Å². The third-order valence-electron chi connectivity index (χ3n) is 4.42. The predicted molar refractivity (Wildman–Crippen MR) is 99.9 cm³/mol. The number of benzene rings is 1. The monoisotopic (exact) mass is 376 g/mol. The van der Waals surface area contributed by atoms with Crippen molar-refractivity contribution in [2.75, 3.05) is 39.5 Å². The molecule has 2 rings (SSSR count). The van der Waals surface area contributed by atoms with Gasteiger partial charge in [-0.15, -0.1) is 0 Å². The highest BCUT2D eigenvalue weighted by molar-refractivity contribution is 5.84. The lowest BCUT2D eigenvalue weighted by atomic mass is 9.99. The summed E-state index contributed by atoms with van der Waals surface area (Å²) in [5.41, 5.74) is 1.01. The number of hydrogen-bond acceptors (Lipinski definition) is 5. The molecule has 1 fully saturated rings. The lowest BCUT2D eigenvalue weighted by Gasteiger charge is -2.26. The van der Waals surface area contributed by atoms with Gasteiger partial charge in [-0.1, -0.05) is 30.3 Å². The summed E-state index contributed by atoms with van der Waals surface area (Å²) in [6.07, 6.45) is 0.762. The fourth-order valence-corrected chi connectivity index (χ4v) is 2.91. The zero-order valence-electron chi connectivity index (χ0n) is 15.8. The first-order chi connectivity index (χ1) is 13.1. The molecule has 148 valence electrons. The number of morpholine rings is 1. The molecule has 27 heavy (non-hydrogen) atoms. The molecule has 1 N–H and O–H groups in total. The predicted octanol–water partition coefficient (Wildman–Crippen LogP) is 1.16. The summed E-state index contributed by atoms with van der Waals surface area (Å²) in [4.78, 5) is 38.1. The van der Waals surface area contributed by atoms with E-state index in [9.17, 15) is 14.4 Å². The van der Waals surface area contributed by atoms with Crippen molar-refractivity contribution in [3.8, 4) is 0 Å². The van der Waals surface area contributed by atoms with Crippen LogP contribution >= 0.6 is 0 Å². The first-order valence-corrected chi connectivity index (χ1v) is 9.43. The van der Waals surface area contributed by atoms with E-state index in [-0.39, 0.29) is 37.2 Å². The lowest BCUT2D eigenvalue weighted by molar-refractivity contribution is -0.148. The van der Waals surface area contributed by atoms with E-state index in [1.165, 1.54) is 0 Å². The maximum absolute atomic E-state index is 12.2. The van der Waals surface area contributed by atoms with E-state index in [0.29, 0.717) is 39.3 Å². The molecule has 7 nitrogen and oxygen atoms in total. The van der Waals surface area contributed by atoms with Crippen LogP contribution in [-0.4, -0.2) is 62.1 Å². The van der Waals surface area contributed by atoms with Crippen LogP contribution in [0, 0.1) is 5.92 Å². The molecule has 1 heterocycles. The molecule has 1 aromatic carbocycles. The van der Waals surface area contributed by atoms with Crippen molar-refractivity contribution < 1.29 is 23.9 Å². The van der Waals surface area contributed by atoms with Crippen LogP contribution in [0.25, 0.3) is 0 Å². The van der Waals surface area contributed by atoms with Crippen molar-refractivity contribution in [3.63, 3.8) is 0 Å². The van der Waals surface area contributed by atoms with Crippen molar-refractivity contribution in [2.45, 2.75) is 26.2 Å². The van der Waals surface area contributed by atoms with E-state index in [4.69, 9.17) is 9.47 Å². The van der Waals surface area contributed by atoms with Gasteiger partial charge < -0.3 is 19.7 Å². The largest absolute Gasteiger partial charge is 0.466 e.